The van der Waals surface area contributed by atoms with Crippen LogP contribution in [0.25, 0.3) is 0 Å². The molecule has 0 aliphatic heterocycles. The molecule has 0 amide bonds. The van der Waals surface area contributed by atoms with Crippen LogP contribution in [-0.4, -0.2) is 0 Å². The van der Waals surface area contributed by atoms with Crippen molar-refractivity contribution < 1.29 is 8.78 Å². The molecule has 1 aromatic carbocycles. The normalized spacial score (nSPS) is 10.7. The molecule has 0 aromatic heterocycles. The van der Waals surface area contributed by atoms with E-state index in [1.165, 1.54) is 6.07 Å². The summed E-state index contributed by atoms with van der Waals surface area (Å²) in [6.07, 6.45) is 4.88. The van der Waals surface area contributed by atoms with Gasteiger partial charge in [-0.3, -0.25) is 0 Å². The van der Waals surface area contributed by atoms with Crippen molar-refractivity contribution in [1.82, 2.24) is 0 Å². The van der Waals surface area contributed by atoms with Crippen LogP contribution in [0.5, 0.6) is 0 Å². The highest BCUT2D eigenvalue weighted by atomic mass is 32.1. The molecule has 0 N–H and O–H groups in total. The number of thiol groups is 1. The Morgan fingerprint density at radius 1 is 1.07 bits per heavy atom. The second-order valence-corrected chi connectivity index (χ2v) is 4.19. The van der Waals surface area contributed by atoms with Crippen molar-refractivity contribution >= 4 is 12.6 Å². The Balaban J connectivity index is 2.57. The molecule has 0 nitrogen and oxygen atoms in total. The quantitative estimate of drug-likeness (QED) is 0.563. The third kappa shape index (κ3) is 3.82. The minimum Gasteiger partial charge on any atom is -0.207 e. The van der Waals surface area contributed by atoms with E-state index in [0.29, 0.717) is 12.0 Å². The first-order chi connectivity index (χ1) is 7.15. The molecular weight excluding hydrogens is 214 g/mol. The first kappa shape index (κ1) is 12.5. The fourth-order valence-corrected chi connectivity index (χ4v) is 1.69. The van der Waals surface area contributed by atoms with Gasteiger partial charge in [0.05, 0.1) is 0 Å². The standard InChI is InChI=1S/C12H16F2S/c1-2-3-4-5-6-9-7-11(14)12(15)8-10(9)13/h7-8,15H,2-6H2,1H3. The van der Waals surface area contributed by atoms with Crippen molar-refractivity contribution in [3.05, 3.63) is 29.3 Å². The van der Waals surface area contributed by atoms with Crippen LogP contribution in [0, 0.1) is 11.6 Å². The van der Waals surface area contributed by atoms with Gasteiger partial charge in [-0.25, -0.2) is 8.78 Å². The molecule has 0 spiro atoms. The van der Waals surface area contributed by atoms with Gasteiger partial charge in [-0.15, -0.1) is 12.6 Å². The van der Waals surface area contributed by atoms with Crippen molar-refractivity contribution in [1.29, 1.82) is 0 Å². The van der Waals surface area contributed by atoms with Crippen LogP contribution in [0.1, 0.15) is 38.2 Å². The minimum atomic E-state index is -0.440. The summed E-state index contributed by atoms with van der Waals surface area (Å²) in [5, 5.41) is 0. The average Bonchev–Trinajstić information content (AvgIpc) is 2.20. The van der Waals surface area contributed by atoms with Crippen LogP contribution in [0.15, 0.2) is 17.0 Å². The van der Waals surface area contributed by atoms with Gasteiger partial charge >= 0.3 is 0 Å². The molecule has 0 saturated carbocycles. The fraction of sp³-hybridized carbons (Fsp3) is 0.500. The van der Waals surface area contributed by atoms with Gasteiger partial charge in [0.25, 0.3) is 0 Å². The highest BCUT2D eigenvalue weighted by Crippen LogP contribution is 2.19. The summed E-state index contributed by atoms with van der Waals surface area (Å²) in [5.74, 6) is -0.789. The Morgan fingerprint density at radius 2 is 1.80 bits per heavy atom. The molecule has 0 unspecified atom stereocenters. The maximum atomic E-state index is 13.3. The summed E-state index contributed by atoms with van der Waals surface area (Å²) in [6, 6.07) is 2.40. The van der Waals surface area contributed by atoms with E-state index in [9.17, 15) is 8.78 Å². The predicted octanol–water partition coefficient (Wildman–Crippen LogP) is 4.38. The van der Waals surface area contributed by atoms with Crippen LogP contribution >= 0.6 is 12.6 Å². The predicted molar refractivity (Wildman–Crippen MR) is 61.5 cm³/mol. The molecular formula is C12H16F2S. The van der Waals surface area contributed by atoms with Gasteiger partial charge in [0.2, 0.25) is 0 Å². The average molecular weight is 230 g/mol. The number of aryl methyl sites for hydroxylation is 1. The second kappa shape index (κ2) is 6.11. The van der Waals surface area contributed by atoms with Gasteiger partial charge in [0.15, 0.2) is 0 Å². The summed E-state index contributed by atoms with van der Waals surface area (Å²) >= 11 is 3.82. The molecule has 3 heteroatoms. The first-order valence-electron chi connectivity index (χ1n) is 5.32. The van der Waals surface area contributed by atoms with E-state index in [-0.39, 0.29) is 10.7 Å². The summed E-state index contributed by atoms with van der Waals surface area (Å²) < 4.78 is 26.4. The van der Waals surface area contributed by atoms with Crippen LogP contribution < -0.4 is 0 Å². The van der Waals surface area contributed by atoms with E-state index in [1.807, 2.05) is 0 Å². The van der Waals surface area contributed by atoms with Crippen molar-refractivity contribution in [2.45, 2.75) is 43.9 Å². The second-order valence-electron chi connectivity index (χ2n) is 3.71. The van der Waals surface area contributed by atoms with Crippen molar-refractivity contribution in [3.8, 4) is 0 Å². The van der Waals surface area contributed by atoms with Gasteiger partial charge in [0.1, 0.15) is 11.6 Å². The lowest BCUT2D eigenvalue weighted by Crippen LogP contribution is -1.94. The highest BCUT2D eigenvalue weighted by molar-refractivity contribution is 7.80. The van der Waals surface area contributed by atoms with Crippen LogP contribution in [0.3, 0.4) is 0 Å². The molecule has 0 radical (unpaired) electrons. The maximum absolute atomic E-state index is 13.3. The molecule has 1 aromatic rings. The number of hydrogen-bond donors (Lipinski definition) is 1. The summed E-state index contributed by atoms with van der Waals surface area (Å²) in [7, 11) is 0. The van der Waals surface area contributed by atoms with Crippen molar-refractivity contribution in [2.24, 2.45) is 0 Å². The highest BCUT2D eigenvalue weighted by Gasteiger charge is 2.07. The number of benzene rings is 1. The minimum absolute atomic E-state index is 0.0739. The Bertz CT molecular complexity index is 324. The van der Waals surface area contributed by atoms with E-state index in [2.05, 4.69) is 19.6 Å². The molecule has 1 rings (SSSR count). The van der Waals surface area contributed by atoms with Crippen molar-refractivity contribution in [2.75, 3.05) is 0 Å². The lowest BCUT2D eigenvalue weighted by molar-refractivity contribution is 0.557. The smallest absolute Gasteiger partial charge is 0.136 e. The van der Waals surface area contributed by atoms with Gasteiger partial charge in [-0.2, -0.15) is 0 Å². The van der Waals surface area contributed by atoms with E-state index in [4.69, 9.17) is 0 Å². The summed E-state index contributed by atoms with van der Waals surface area (Å²) in [6.45, 7) is 2.12. The zero-order chi connectivity index (χ0) is 11.3. The molecule has 84 valence electrons. The maximum Gasteiger partial charge on any atom is 0.136 e. The molecule has 0 atom stereocenters. The monoisotopic (exact) mass is 230 g/mol. The number of unbranched alkanes of at least 4 members (excludes halogenated alkanes) is 3. The van der Waals surface area contributed by atoms with E-state index in [1.54, 1.807) is 0 Å². The zero-order valence-electron chi connectivity index (χ0n) is 8.89. The first-order valence-corrected chi connectivity index (χ1v) is 5.76. The lowest BCUT2D eigenvalue weighted by Gasteiger charge is -2.04. The third-order valence-electron chi connectivity index (χ3n) is 2.42. The molecule has 0 aliphatic carbocycles. The van der Waals surface area contributed by atoms with Crippen LogP contribution in [-0.2, 0) is 6.42 Å². The van der Waals surface area contributed by atoms with E-state index in [0.717, 1.165) is 31.7 Å². The van der Waals surface area contributed by atoms with E-state index >= 15 is 0 Å². The Kier molecular flexibility index (Phi) is 5.09. The molecule has 0 aliphatic rings. The Labute approximate surface area is 95.1 Å². The number of hydrogen-bond acceptors (Lipinski definition) is 1. The topological polar surface area (TPSA) is 0 Å². The molecule has 0 fully saturated rings. The van der Waals surface area contributed by atoms with E-state index < -0.39 is 5.82 Å². The van der Waals surface area contributed by atoms with Crippen LogP contribution in [0.4, 0.5) is 8.78 Å². The fourth-order valence-electron chi connectivity index (χ4n) is 1.51. The zero-order valence-corrected chi connectivity index (χ0v) is 9.79. The summed E-state index contributed by atoms with van der Waals surface area (Å²) in [5.41, 5.74) is 0.460. The third-order valence-corrected chi connectivity index (χ3v) is 2.76. The SMILES string of the molecule is CCCCCCc1cc(F)c(S)cc1F. The Morgan fingerprint density at radius 3 is 2.47 bits per heavy atom. The van der Waals surface area contributed by atoms with Gasteiger partial charge in [-0.05, 0) is 30.5 Å². The van der Waals surface area contributed by atoms with Gasteiger partial charge < -0.3 is 0 Å². The number of halogens is 2. The largest absolute Gasteiger partial charge is 0.207 e. The lowest BCUT2D eigenvalue weighted by atomic mass is 10.1. The Hall–Kier alpha value is -0.570. The molecule has 15 heavy (non-hydrogen) atoms. The molecule has 0 bridgehead atoms. The van der Waals surface area contributed by atoms with Crippen molar-refractivity contribution in [3.63, 3.8) is 0 Å². The molecule has 0 saturated heterocycles. The summed E-state index contributed by atoms with van der Waals surface area (Å²) in [4.78, 5) is 0.0739. The van der Waals surface area contributed by atoms with Crippen LogP contribution in [0.2, 0.25) is 0 Å². The number of rotatable bonds is 5. The van der Waals surface area contributed by atoms with Gasteiger partial charge in [0, 0.05) is 4.90 Å². The molecule has 0 heterocycles. The van der Waals surface area contributed by atoms with Gasteiger partial charge in [-0.1, -0.05) is 26.2 Å².